The van der Waals surface area contributed by atoms with Gasteiger partial charge in [0.15, 0.2) is 0 Å². The normalized spacial score (nSPS) is 10.6. The zero-order valence-electron chi connectivity index (χ0n) is 8.96. The van der Waals surface area contributed by atoms with Gasteiger partial charge in [-0.1, -0.05) is 24.3 Å². The van der Waals surface area contributed by atoms with Gasteiger partial charge >= 0.3 is 0 Å². The van der Waals surface area contributed by atoms with Crippen molar-refractivity contribution in [2.75, 3.05) is 5.73 Å². The van der Waals surface area contributed by atoms with Gasteiger partial charge in [-0.05, 0) is 22.8 Å². The van der Waals surface area contributed by atoms with Crippen LogP contribution in [0.5, 0.6) is 0 Å². The zero-order valence-corrected chi connectivity index (χ0v) is 9.85. The molecule has 0 aliphatic carbocycles. The van der Waals surface area contributed by atoms with Gasteiger partial charge in [0.2, 0.25) is 0 Å². The van der Waals surface area contributed by atoms with E-state index in [0.717, 1.165) is 16.7 Å². The first-order valence-corrected chi connectivity index (χ1v) is 6.36. The molecule has 0 unspecified atom stereocenters. The Bertz CT molecular complexity index is 584. The van der Waals surface area contributed by atoms with Crippen LogP contribution >= 0.6 is 0 Å². The van der Waals surface area contributed by atoms with Crippen LogP contribution in [0.25, 0.3) is 11.1 Å². The van der Waals surface area contributed by atoms with Crippen molar-refractivity contribution in [2.45, 2.75) is 5.75 Å². The molecule has 0 bridgehead atoms. The van der Waals surface area contributed by atoms with Crippen molar-refractivity contribution in [3.8, 4) is 11.1 Å². The van der Waals surface area contributed by atoms with Crippen LogP contribution in [0, 0.1) is 6.07 Å². The van der Waals surface area contributed by atoms with Crippen molar-refractivity contribution < 1.29 is 8.42 Å². The molecule has 1 radical (unpaired) electrons. The summed E-state index contributed by atoms with van der Waals surface area (Å²) in [5.74, 6) is 0.409. The topological polar surface area (TPSA) is 73.1 Å². The summed E-state index contributed by atoms with van der Waals surface area (Å²) in [6.07, 6.45) is 1.61. The van der Waals surface area contributed by atoms with E-state index in [1.54, 1.807) is 24.4 Å². The highest BCUT2D eigenvalue weighted by Crippen LogP contribution is 2.20. The molecule has 1 heterocycles. The maximum Gasteiger partial charge on any atom is 0.144 e. The molecule has 2 N–H and O–H groups in total. The van der Waals surface area contributed by atoms with Crippen molar-refractivity contribution >= 4 is 16.5 Å². The molecule has 0 spiro atoms. The highest BCUT2D eigenvalue weighted by Gasteiger charge is 2.00. The molecule has 17 heavy (non-hydrogen) atoms. The Kier molecular flexibility index (Phi) is 3.39. The Morgan fingerprint density at radius 1 is 1.18 bits per heavy atom. The third-order valence-electron chi connectivity index (χ3n) is 2.29. The second kappa shape index (κ2) is 4.97. The molecule has 0 aliphatic heterocycles. The van der Waals surface area contributed by atoms with Gasteiger partial charge in [-0.2, -0.15) is 0 Å². The fourth-order valence-electron chi connectivity index (χ4n) is 1.51. The van der Waals surface area contributed by atoms with E-state index in [2.05, 4.69) is 11.1 Å². The van der Waals surface area contributed by atoms with Crippen molar-refractivity contribution in [3.63, 3.8) is 0 Å². The summed E-state index contributed by atoms with van der Waals surface area (Å²) in [4.78, 5) is 3.86. The molecule has 0 saturated heterocycles. The molecule has 5 heteroatoms. The quantitative estimate of drug-likeness (QED) is 0.800. The molecule has 1 aromatic carbocycles. The van der Waals surface area contributed by atoms with Gasteiger partial charge < -0.3 is 5.73 Å². The van der Waals surface area contributed by atoms with E-state index in [4.69, 9.17) is 5.73 Å². The number of nitrogens with two attached hydrogens (primary N) is 1. The van der Waals surface area contributed by atoms with Gasteiger partial charge in [-0.15, -0.1) is 0 Å². The monoisotopic (exact) mass is 247 g/mol. The average molecular weight is 247 g/mol. The minimum atomic E-state index is -2.38. The van der Waals surface area contributed by atoms with Crippen molar-refractivity contribution in [1.82, 2.24) is 4.98 Å². The van der Waals surface area contributed by atoms with Crippen LogP contribution < -0.4 is 5.73 Å². The van der Waals surface area contributed by atoms with Crippen molar-refractivity contribution in [2.24, 2.45) is 0 Å². The van der Waals surface area contributed by atoms with E-state index >= 15 is 0 Å². The molecule has 0 fully saturated rings. The fourth-order valence-corrected chi connectivity index (χ4v) is 2.02. The summed E-state index contributed by atoms with van der Waals surface area (Å²) in [6.45, 7) is 0. The number of benzene rings is 1. The SMILES string of the molecule is Nc1[c]c(-c2ccc(C[SH](=O)=O)cc2)ccn1. The fraction of sp³-hybridized carbons (Fsp3) is 0.0833. The smallest absolute Gasteiger partial charge is 0.144 e. The number of hydrogen-bond donors (Lipinski definition) is 2. The van der Waals surface area contributed by atoms with E-state index in [1.165, 1.54) is 0 Å². The maximum absolute atomic E-state index is 10.6. The van der Waals surface area contributed by atoms with Gasteiger partial charge in [0, 0.05) is 12.3 Å². The van der Waals surface area contributed by atoms with Crippen LogP contribution in [0.2, 0.25) is 0 Å². The summed E-state index contributed by atoms with van der Waals surface area (Å²) < 4.78 is 21.1. The molecule has 0 atom stereocenters. The van der Waals surface area contributed by atoms with Crippen LogP contribution in [0.4, 0.5) is 5.82 Å². The summed E-state index contributed by atoms with van der Waals surface area (Å²) in [5.41, 5.74) is 8.09. The number of rotatable bonds is 3. The van der Waals surface area contributed by atoms with Crippen LogP contribution in [0.3, 0.4) is 0 Å². The number of thiol groups is 1. The maximum atomic E-state index is 10.6. The lowest BCUT2D eigenvalue weighted by Gasteiger charge is -2.02. The standard InChI is InChI=1S/C12H11N2O2S/c13-12-7-11(5-6-14-12)10-3-1-9(2-4-10)8-17(15)16/h1-6,17H,8H2,(H2,13,14). The number of nitrogen functional groups attached to an aromatic ring is 1. The number of hydrogen-bond acceptors (Lipinski definition) is 4. The molecule has 1 aromatic heterocycles. The van der Waals surface area contributed by atoms with E-state index in [1.807, 2.05) is 12.1 Å². The van der Waals surface area contributed by atoms with E-state index in [9.17, 15) is 8.42 Å². The van der Waals surface area contributed by atoms with Crippen molar-refractivity contribution in [3.05, 3.63) is 48.2 Å². The van der Waals surface area contributed by atoms with Gasteiger partial charge in [-0.25, -0.2) is 13.4 Å². The lowest BCUT2D eigenvalue weighted by Crippen LogP contribution is -1.91. The molecule has 87 valence electrons. The largest absolute Gasteiger partial charge is 0.383 e. The molecule has 2 aromatic rings. The van der Waals surface area contributed by atoms with E-state index in [-0.39, 0.29) is 5.75 Å². The Balaban J connectivity index is 2.29. The molecule has 0 amide bonds. The molecular formula is C12H11N2O2S. The molecular weight excluding hydrogens is 236 g/mol. The first-order valence-electron chi connectivity index (χ1n) is 5.00. The van der Waals surface area contributed by atoms with Gasteiger partial charge in [0.1, 0.15) is 16.5 Å². The van der Waals surface area contributed by atoms with E-state index < -0.39 is 10.7 Å². The Morgan fingerprint density at radius 3 is 2.47 bits per heavy atom. The minimum Gasteiger partial charge on any atom is -0.383 e. The Labute approximate surface area is 101 Å². The summed E-state index contributed by atoms with van der Waals surface area (Å²) >= 11 is 0. The molecule has 2 rings (SSSR count). The van der Waals surface area contributed by atoms with Gasteiger partial charge in [0.25, 0.3) is 0 Å². The number of nitrogens with zero attached hydrogens (tertiary/aromatic N) is 1. The number of pyridine rings is 1. The predicted octanol–water partition coefficient (Wildman–Crippen LogP) is 1.24. The van der Waals surface area contributed by atoms with Gasteiger partial charge in [-0.3, -0.25) is 0 Å². The number of aromatic nitrogens is 1. The third-order valence-corrected chi connectivity index (χ3v) is 2.92. The predicted molar refractivity (Wildman–Crippen MR) is 66.9 cm³/mol. The second-order valence-corrected chi connectivity index (χ2v) is 4.54. The lowest BCUT2D eigenvalue weighted by atomic mass is 10.1. The summed E-state index contributed by atoms with van der Waals surface area (Å²) in [7, 11) is -2.38. The van der Waals surface area contributed by atoms with E-state index in [0.29, 0.717) is 5.82 Å². The van der Waals surface area contributed by atoms with Crippen LogP contribution in [0.1, 0.15) is 5.56 Å². The first-order chi connectivity index (χ1) is 8.15. The second-order valence-electron chi connectivity index (χ2n) is 3.56. The molecule has 4 nitrogen and oxygen atoms in total. The lowest BCUT2D eigenvalue weighted by molar-refractivity contribution is 0.614. The third kappa shape index (κ3) is 3.04. The first kappa shape index (κ1) is 11.6. The average Bonchev–Trinajstić information content (AvgIpc) is 2.29. The van der Waals surface area contributed by atoms with Crippen LogP contribution in [-0.4, -0.2) is 13.4 Å². The van der Waals surface area contributed by atoms with Crippen LogP contribution in [-0.2, 0) is 16.5 Å². The zero-order chi connectivity index (χ0) is 12.3. The summed E-state index contributed by atoms with van der Waals surface area (Å²) in [6, 6.07) is 12.0. The van der Waals surface area contributed by atoms with Crippen LogP contribution in [0.15, 0.2) is 36.5 Å². The van der Waals surface area contributed by atoms with Crippen molar-refractivity contribution in [1.29, 1.82) is 0 Å². The summed E-state index contributed by atoms with van der Waals surface area (Å²) in [5, 5.41) is 0. The highest BCUT2D eigenvalue weighted by atomic mass is 32.2. The molecule has 0 saturated carbocycles. The Morgan fingerprint density at radius 2 is 1.88 bits per heavy atom. The highest BCUT2D eigenvalue weighted by molar-refractivity contribution is 7.71. The Hall–Kier alpha value is -1.88. The minimum absolute atomic E-state index is 0.0673. The van der Waals surface area contributed by atoms with Gasteiger partial charge in [0.05, 0.1) is 5.75 Å². The molecule has 0 aliphatic rings. The number of anilines is 1.